The maximum absolute atomic E-state index is 11.9. The molecule has 2 aliphatic rings. The van der Waals surface area contributed by atoms with Gasteiger partial charge in [0.05, 0.1) is 0 Å². The molecule has 0 bridgehead atoms. The summed E-state index contributed by atoms with van der Waals surface area (Å²) in [5.74, 6) is -1.52. The van der Waals surface area contributed by atoms with E-state index in [-0.39, 0.29) is 18.1 Å². The second-order valence-corrected chi connectivity index (χ2v) is 5.13. The van der Waals surface area contributed by atoms with Crippen molar-refractivity contribution in [1.29, 1.82) is 0 Å². The Morgan fingerprint density at radius 3 is 2.50 bits per heavy atom. The van der Waals surface area contributed by atoms with Crippen molar-refractivity contribution < 1.29 is 23.8 Å². The number of hydrogen-bond acceptors (Lipinski definition) is 5. The maximum Gasteiger partial charge on any atom is 0.331 e. The summed E-state index contributed by atoms with van der Waals surface area (Å²) in [7, 11) is 0. The standard InChI is InChI=1S/C12H19NO5/c1-5-7-9-10(18-12(3,4)17-9)8(11(15)16-7)13-6(2)14/h7-10H,5H2,1-4H3,(H,13,14)/t7-,8-,9+,10-/m1/s1. The number of fused-ring (bicyclic) bond motifs is 1. The van der Waals surface area contributed by atoms with Crippen molar-refractivity contribution >= 4 is 11.9 Å². The Hall–Kier alpha value is -1.14. The normalized spacial score (nSPS) is 37.9. The maximum atomic E-state index is 11.9. The van der Waals surface area contributed by atoms with Crippen molar-refractivity contribution in [2.45, 2.75) is 64.3 Å². The zero-order chi connectivity index (χ0) is 13.5. The van der Waals surface area contributed by atoms with Gasteiger partial charge < -0.3 is 19.5 Å². The minimum absolute atomic E-state index is 0.293. The highest BCUT2D eigenvalue weighted by molar-refractivity contribution is 5.84. The SMILES string of the molecule is CC[C@H]1OC(=O)[C@H](NC(C)=O)[C@H]2OC(C)(C)O[C@H]21. The minimum Gasteiger partial charge on any atom is -0.458 e. The van der Waals surface area contributed by atoms with Gasteiger partial charge in [-0.1, -0.05) is 6.92 Å². The smallest absolute Gasteiger partial charge is 0.331 e. The van der Waals surface area contributed by atoms with E-state index in [4.69, 9.17) is 14.2 Å². The molecule has 0 aliphatic carbocycles. The van der Waals surface area contributed by atoms with Crippen LogP contribution in [0.4, 0.5) is 0 Å². The lowest BCUT2D eigenvalue weighted by Gasteiger charge is -2.35. The molecule has 1 N–H and O–H groups in total. The highest BCUT2D eigenvalue weighted by Crippen LogP contribution is 2.36. The number of esters is 1. The van der Waals surface area contributed by atoms with Crippen LogP contribution in [0.15, 0.2) is 0 Å². The second-order valence-electron chi connectivity index (χ2n) is 5.13. The van der Waals surface area contributed by atoms with Crippen LogP contribution in [-0.2, 0) is 23.8 Å². The van der Waals surface area contributed by atoms with E-state index in [2.05, 4.69) is 5.32 Å². The van der Waals surface area contributed by atoms with Gasteiger partial charge in [-0.05, 0) is 20.3 Å². The van der Waals surface area contributed by atoms with Gasteiger partial charge in [-0.15, -0.1) is 0 Å². The third kappa shape index (κ3) is 2.35. The predicted octanol–water partition coefficient (Wildman–Crippen LogP) is 0.347. The van der Waals surface area contributed by atoms with Crippen molar-refractivity contribution in [3.05, 3.63) is 0 Å². The van der Waals surface area contributed by atoms with Crippen molar-refractivity contribution in [3.63, 3.8) is 0 Å². The first-order chi connectivity index (χ1) is 8.34. The molecule has 0 unspecified atom stereocenters. The Balaban J connectivity index is 2.23. The Morgan fingerprint density at radius 1 is 1.33 bits per heavy atom. The first kappa shape index (κ1) is 13.3. The highest BCUT2D eigenvalue weighted by Gasteiger charge is 2.55. The first-order valence-corrected chi connectivity index (χ1v) is 6.17. The Labute approximate surface area is 106 Å². The van der Waals surface area contributed by atoms with Gasteiger partial charge in [0.2, 0.25) is 5.91 Å². The van der Waals surface area contributed by atoms with Gasteiger partial charge >= 0.3 is 5.97 Å². The summed E-state index contributed by atoms with van der Waals surface area (Å²) in [4.78, 5) is 23.0. The predicted molar refractivity (Wildman–Crippen MR) is 61.6 cm³/mol. The molecular weight excluding hydrogens is 238 g/mol. The van der Waals surface area contributed by atoms with Crippen LogP contribution in [0.25, 0.3) is 0 Å². The zero-order valence-electron chi connectivity index (χ0n) is 11.1. The molecule has 1 amide bonds. The number of cyclic esters (lactones) is 1. The Bertz CT molecular complexity index is 367. The Kier molecular flexibility index (Phi) is 3.33. The molecule has 0 saturated carbocycles. The van der Waals surface area contributed by atoms with Crippen molar-refractivity contribution in [1.82, 2.24) is 5.32 Å². The van der Waals surface area contributed by atoms with Crippen molar-refractivity contribution in [2.24, 2.45) is 0 Å². The third-order valence-electron chi connectivity index (χ3n) is 3.14. The van der Waals surface area contributed by atoms with Crippen LogP contribution in [0.3, 0.4) is 0 Å². The van der Waals surface area contributed by atoms with E-state index >= 15 is 0 Å². The van der Waals surface area contributed by atoms with Gasteiger partial charge in [0.15, 0.2) is 11.8 Å². The summed E-state index contributed by atoms with van der Waals surface area (Å²) in [6.45, 7) is 6.85. The molecule has 18 heavy (non-hydrogen) atoms. The molecule has 2 saturated heterocycles. The average Bonchev–Trinajstić information content (AvgIpc) is 2.57. The molecule has 2 heterocycles. The van der Waals surface area contributed by atoms with Crippen LogP contribution in [0.1, 0.15) is 34.1 Å². The molecule has 0 aromatic rings. The van der Waals surface area contributed by atoms with Gasteiger partial charge in [0, 0.05) is 6.92 Å². The van der Waals surface area contributed by atoms with Crippen LogP contribution in [0, 0.1) is 0 Å². The molecule has 0 radical (unpaired) electrons. The lowest BCUT2D eigenvalue weighted by molar-refractivity contribution is -0.174. The topological polar surface area (TPSA) is 73.9 Å². The van der Waals surface area contributed by atoms with E-state index in [1.54, 1.807) is 13.8 Å². The van der Waals surface area contributed by atoms with E-state index in [0.29, 0.717) is 6.42 Å². The fourth-order valence-electron chi connectivity index (χ4n) is 2.46. The summed E-state index contributed by atoms with van der Waals surface area (Å²) in [5, 5.41) is 2.57. The fraction of sp³-hybridized carbons (Fsp3) is 0.833. The molecular formula is C12H19NO5. The van der Waals surface area contributed by atoms with Gasteiger partial charge in [-0.2, -0.15) is 0 Å². The summed E-state index contributed by atoms with van der Waals surface area (Å²) >= 11 is 0. The van der Waals surface area contributed by atoms with E-state index in [1.807, 2.05) is 6.92 Å². The minimum atomic E-state index is -0.794. The van der Waals surface area contributed by atoms with Crippen molar-refractivity contribution in [3.8, 4) is 0 Å². The van der Waals surface area contributed by atoms with Gasteiger partial charge in [-0.3, -0.25) is 4.79 Å². The molecule has 0 aromatic carbocycles. The first-order valence-electron chi connectivity index (χ1n) is 6.17. The Morgan fingerprint density at radius 2 is 1.94 bits per heavy atom. The molecule has 6 nitrogen and oxygen atoms in total. The number of carbonyl (C=O) groups excluding carboxylic acids is 2. The molecule has 4 atom stereocenters. The average molecular weight is 257 g/mol. The number of amides is 1. The lowest BCUT2D eigenvalue weighted by atomic mass is 9.96. The molecule has 2 fully saturated rings. The molecule has 0 spiro atoms. The third-order valence-corrected chi connectivity index (χ3v) is 3.14. The van der Waals surface area contributed by atoms with Crippen LogP contribution < -0.4 is 5.32 Å². The van der Waals surface area contributed by atoms with Gasteiger partial charge in [0.1, 0.15) is 18.3 Å². The van der Waals surface area contributed by atoms with E-state index in [0.717, 1.165) is 0 Å². The molecule has 0 aromatic heterocycles. The summed E-state index contributed by atoms with van der Waals surface area (Å²) in [5.41, 5.74) is 0. The monoisotopic (exact) mass is 257 g/mol. The molecule has 102 valence electrons. The van der Waals surface area contributed by atoms with Crippen LogP contribution in [-0.4, -0.2) is 42.0 Å². The van der Waals surface area contributed by atoms with Crippen LogP contribution in [0.2, 0.25) is 0 Å². The molecule has 2 aliphatic heterocycles. The van der Waals surface area contributed by atoms with Crippen molar-refractivity contribution in [2.75, 3.05) is 0 Å². The van der Waals surface area contributed by atoms with Gasteiger partial charge in [0.25, 0.3) is 0 Å². The van der Waals surface area contributed by atoms with E-state index in [1.165, 1.54) is 6.92 Å². The van der Waals surface area contributed by atoms with E-state index in [9.17, 15) is 9.59 Å². The number of nitrogens with one attached hydrogen (secondary N) is 1. The number of carbonyl (C=O) groups is 2. The largest absolute Gasteiger partial charge is 0.458 e. The zero-order valence-corrected chi connectivity index (χ0v) is 11.1. The molecule has 6 heteroatoms. The quantitative estimate of drug-likeness (QED) is 0.722. The highest BCUT2D eigenvalue weighted by atomic mass is 16.8. The van der Waals surface area contributed by atoms with E-state index < -0.39 is 23.9 Å². The fourth-order valence-corrected chi connectivity index (χ4v) is 2.46. The van der Waals surface area contributed by atoms with Gasteiger partial charge in [-0.25, -0.2) is 4.79 Å². The number of rotatable bonds is 2. The summed E-state index contributed by atoms with van der Waals surface area (Å²) < 4.78 is 16.8. The summed E-state index contributed by atoms with van der Waals surface area (Å²) in [6, 6.07) is -0.794. The lowest BCUT2D eigenvalue weighted by Crippen LogP contribution is -2.60. The summed E-state index contributed by atoms with van der Waals surface area (Å²) in [6.07, 6.45) is -0.497. The van der Waals surface area contributed by atoms with Crippen LogP contribution >= 0.6 is 0 Å². The van der Waals surface area contributed by atoms with Crippen LogP contribution in [0.5, 0.6) is 0 Å². The molecule has 2 rings (SSSR count). The number of hydrogen-bond donors (Lipinski definition) is 1. The second kappa shape index (κ2) is 4.51. The number of ether oxygens (including phenoxy) is 3.